The Bertz CT molecular complexity index is 716. The van der Waals surface area contributed by atoms with E-state index in [9.17, 15) is 4.79 Å². The first-order valence-corrected chi connectivity index (χ1v) is 10.1. The fourth-order valence-electron chi connectivity index (χ4n) is 2.73. The fraction of sp³-hybridized carbons (Fsp3) is 0.471. The molecule has 1 amide bonds. The molecule has 0 unspecified atom stereocenters. The number of carbonyl (C=O) groups is 1. The lowest BCUT2D eigenvalue weighted by atomic mass is 10.2. The zero-order chi connectivity index (χ0) is 17.6. The zero-order valence-corrected chi connectivity index (χ0v) is 16.0. The molecule has 25 heavy (non-hydrogen) atoms. The Labute approximate surface area is 155 Å². The number of aromatic nitrogens is 2. The highest BCUT2D eigenvalue weighted by atomic mass is 32.2. The van der Waals surface area contributed by atoms with Crippen molar-refractivity contribution >= 4 is 39.8 Å². The first kappa shape index (κ1) is 18.0. The van der Waals surface area contributed by atoms with Crippen LogP contribution in [-0.4, -0.2) is 34.5 Å². The molecule has 6 nitrogen and oxygen atoms in total. The van der Waals surface area contributed by atoms with Crippen molar-refractivity contribution in [1.29, 1.82) is 0 Å². The summed E-state index contributed by atoms with van der Waals surface area (Å²) in [5, 5.41) is 15.2. The van der Waals surface area contributed by atoms with Gasteiger partial charge < -0.3 is 15.4 Å². The number of hydrogen-bond acceptors (Lipinski definition) is 7. The molecule has 1 heterocycles. The summed E-state index contributed by atoms with van der Waals surface area (Å²) in [5.41, 5.74) is 0.888. The standard InChI is InChI=1S/C17H22N4O2S2/c1-11(15(22)18-12-6-3-4-7-12)24-17-21-20-16(25-17)19-13-8-5-9-14(10-13)23-2/h5,8-12H,3-4,6-7H2,1-2H3,(H,18,22)(H,19,20)/t11-/m1/s1. The van der Waals surface area contributed by atoms with Gasteiger partial charge in [-0.1, -0.05) is 42.0 Å². The highest BCUT2D eigenvalue weighted by Crippen LogP contribution is 2.31. The summed E-state index contributed by atoms with van der Waals surface area (Å²) in [7, 11) is 1.64. The summed E-state index contributed by atoms with van der Waals surface area (Å²) in [6.45, 7) is 1.91. The van der Waals surface area contributed by atoms with Gasteiger partial charge in [0.1, 0.15) is 5.75 Å². The van der Waals surface area contributed by atoms with E-state index in [0.717, 1.165) is 28.6 Å². The molecule has 0 radical (unpaired) electrons. The van der Waals surface area contributed by atoms with Crippen molar-refractivity contribution in [3.8, 4) is 5.75 Å². The fourth-order valence-corrected chi connectivity index (χ4v) is 4.65. The van der Waals surface area contributed by atoms with E-state index < -0.39 is 0 Å². The Kier molecular flexibility index (Phi) is 6.14. The molecule has 134 valence electrons. The van der Waals surface area contributed by atoms with E-state index in [1.54, 1.807) is 7.11 Å². The Balaban J connectivity index is 1.54. The summed E-state index contributed by atoms with van der Waals surface area (Å²) in [4.78, 5) is 12.3. The number of carbonyl (C=O) groups excluding carboxylic acids is 1. The summed E-state index contributed by atoms with van der Waals surface area (Å²) in [6.07, 6.45) is 4.61. The molecule has 2 N–H and O–H groups in total. The Morgan fingerprint density at radius 1 is 1.36 bits per heavy atom. The first-order chi connectivity index (χ1) is 12.1. The quantitative estimate of drug-likeness (QED) is 0.713. The number of anilines is 2. The maximum absolute atomic E-state index is 12.3. The smallest absolute Gasteiger partial charge is 0.233 e. The van der Waals surface area contributed by atoms with Crippen LogP contribution in [0.15, 0.2) is 28.6 Å². The average Bonchev–Trinajstić information content (AvgIpc) is 3.27. The van der Waals surface area contributed by atoms with Crippen LogP contribution >= 0.6 is 23.1 Å². The number of amides is 1. The van der Waals surface area contributed by atoms with Crippen LogP contribution < -0.4 is 15.4 Å². The maximum atomic E-state index is 12.3. The van der Waals surface area contributed by atoms with Gasteiger partial charge in [-0.3, -0.25) is 4.79 Å². The molecule has 0 saturated heterocycles. The monoisotopic (exact) mass is 378 g/mol. The van der Waals surface area contributed by atoms with Gasteiger partial charge in [-0.15, -0.1) is 10.2 Å². The number of benzene rings is 1. The molecule has 8 heteroatoms. The van der Waals surface area contributed by atoms with E-state index in [2.05, 4.69) is 20.8 Å². The van der Waals surface area contributed by atoms with Crippen molar-refractivity contribution in [3.63, 3.8) is 0 Å². The van der Waals surface area contributed by atoms with Gasteiger partial charge in [0.05, 0.1) is 12.4 Å². The van der Waals surface area contributed by atoms with Crippen molar-refractivity contribution < 1.29 is 9.53 Å². The summed E-state index contributed by atoms with van der Waals surface area (Å²) in [5.74, 6) is 0.857. The van der Waals surface area contributed by atoms with Gasteiger partial charge in [0.15, 0.2) is 4.34 Å². The van der Waals surface area contributed by atoms with Crippen LogP contribution in [0.25, 0.3) is 0 Å². The summed E-state index contributed by atoms with van der Waals surface area (Å²) >= 11 is 2.88. The molecule has 0 bridgehead atoms. The Morgan fingerprint density at radius 3 is 2.92 bits per heavy atom. The third kappa shape index (κ3) is 5.09. The zero-order valence-electron chi connectivity index (χ0n) is 14.3. The van der Waals surface area contributed by atoms with Gasteiger partial charge in [0, 0.05) is 17.8 Å². The normalized spacial score (nSPS) is 15.8. The van der Waals surface area contributed by atoms with Crippen LogP contribution in [0, 0.1) is 0 Å². The van der Waals surface area contributed by atoms with E-state index in [-0.39, 0.29) is 11.2 Å². The molecular formula is C17H22N4O2S2. The first-order valence-electron chi connectivity index (χ1n) is 8.35. The lowest BCUT2D eigenvalue weighted by molar-refractivity contribution is -0.120. The molecular weight excluding hydrogens is 356 g/mol. The van der Waals surface area contributed by atoms with E-state index in [1.165, 1.54) is 35.9 Å². The number of methoxy groups -OCH3 is 1. The van der Waals surface area contributed by atoms with Crippen LogP contribution in [-0.2, 0) is 4.79 Å². The molecule has 0 aliphatic heterocycles. The van der Waals surface area contributed by atoms with E-state index in [4.69, 9.17) is 4.74 Å². The van der Waals surface area contributed by atoms with Crippen LogP contribution in [0.3, 0.4) is 0 Å². The summed E-state index contributed by atoms with van der Waals surface area (Å²) in [6, 6.07) is 7.97. The second-order valence-corrected chi connectivity index (χ2v) is 8.55. The topological polar surface area (TPSA) is 76.1 Å². The predicted octanol–water partition coefficient (Wildman–Crippen LogP) is 3.83. The number of hydrogen-bond donors (Lipinski definition) is 2. The highest BCUT2D eigenvalue weighted by Gasteiger charge is 2.22. The van der Waals surface area contributed by atoms with Gasteiger partial charge in [0.2, 0.25) is 11.0 Å². The molecule has 3 rings (SSSR count). The molecule has 0 spiro atoms. The number of rotatable bonds is 7. The number of ether oxygens (including phenoxy) is 1. The van der Waals surface area contributed by atoms with E-state index in [1.807, 2.05) is 31.2 Å². The molecule has 1 aromatic carbocycles. The molecule has 1 fully saturated rings. The summed E-state index contributed by atoms with van der Waals surface area (Å²) < 4.78 is 5.99. The number of nitrogens with one attached hydrogen (secondary N) is 2. The molecule has 2 aromatic rings. The van der Waals surface area contributed by atoms with Crippen LogP contribution in [0.4, 0.5) is 10.8 Å². The molecule has 1 saturated carbocycles. The van der Waals surface area contributed by atoms with Gasteiger partial charge in [-0.25, -0.2) is 0 Å². The van der Waals surface area contributed by atoms with Gasteiger partial charge >= 0.3 is 0 Å². The Hall–Kier alpha value is -1.80. The third-order valence-electron chi connectivity index (χ3n) is 4.08. The molecule has 1 aliphatic rings. The minimum Gasteiger partial charge on any atom is -0.497 e. The average molecular weight is 379 g/mol. The number of nitrogens with zero attached hydrogens (tertiary/aromatic N) is 2. The van der Waals surface area contributed by atoms with Gasteiger partial charge in [-0.05, 0) is 31.9 Å². The van der Waals surface area contributed by atoms with Crippen molar-refractivity contribution in [2.45, 2.75) is 48.2 Å². The Morgan fingerprint density at radius 2 is 2.16 bits per heavy atom. The van der Waals surface area contributed by atoms with E-state index in [0.29, 0.717) is 11.2 Å². The third-order valence-corrected chi connectivity index (χ3v) is 6.10. The van der Waals surface area contributed by atoms with Crippen molar-refractivity contribution in [2.75, 3.05) is 12.4 Å². The predicted molar refractivity (Wildman–Crippen MR) is 102 cm³/mol. The lowest BCUT2D eigenvalue weighted by Crippen LogP contribution is -2.37. The van der Waals surface area contributed by atoms with Crippen molar-refractivity contribution in [3.05, 3.63) is 24.3 Å². The minimum atomic E-state index is -0.182. The van der Waals surface area contributed by atoms with Gasteiger partial charge in [-0.2, -0.15) is 0 Å². The largest absolute Gasteiger partial charge is 0.497 e. The molecule has 1 aromatic heterocycles. The molecule has 1 aliphatic carbocycles. The number of thioether (sulfide) groups is 1. The molecule has 1 atom stereocenters. The minimum absolute atomic E-state index is 0.0782. The van der Waals surface area contributed by atoms with Crippen LogP contribution in [0.1, 0.15) is 32.6 Å². The van der Waals surface area contributed by atoms with E-state index >= 15 is 0 Å². The maximum Gasteiger partial charge on any atom is 0.233 e. The van der Waals surface area contributed by atoms with Crippen LogP contribution in [0.5, 0.6) is 5.75 Å². The second-order valence-electron chi connectivity index (χ2n) is 5.98. The second kappa shape index (κ2) is 8.53. The SMILES string of the molecule is COc1cccc(Nc2nnc(S[C@H](C)C(=O)NC3CCCC3)s2)c1. The van der Waals surface area contributed by atoms with Crippen molar-refractivity contribution in [2.24, 2.45) is 0 Å². The lowest BCUT2D eigenvalue weighted by Gasteiger charge is -2.15. The van der Waals surface area contributed by atoms with Gasteiger partial charge in [0.25, 0.3) is 0 Å². The highest BCUT2D eigenvalue weighted by molar-refractivity contribution is 8.02. The van der Waals surface area contributed by atoms with Crippen LogP contribution in [0.2, 0.25) is 0 Å². The van der Waals surface area contributed by atoms with Crippen molar-refractivity contribution in [1.82, 2.24) is 15.5 Å².